The molecule has 0 N–H and O–H groups in total. The maximum absolute atomic E-state index is 2.43. The predicted octanol–water partition coefficient (Wildman–Crippen LogP) is 7.88. The van der Waals surface area contributed by atoms with E-state index in [4.69, 9.17) is 0 Å². The molecule has 0 aromatic heterocycles. The molecule has 0 unspecified atom stereocenters. The second-order valence-electron chi connectivity index (χ2n) is 8.97. The van der Waals surface area contributed by atoms with E-state index in [1.807, 2.05) is 0 Å². The Morgan fingerprint density at radius 2 is 1.12 bits per heavy atom. The van der Waals surface area contributed by atoms with Crippen LogP contribution >= 0.6 is 0 Å². The molecule has 0 amide bonds. The molecule has 1 aliphatic rings. The van der Waals surface area contributed by atoms with E-state index in [0.717, 1.165) is 0 Å². The molecule has 0 spiro atoms. The zero-order chi connectivity index (χ0) is 18.4. The molecule has 25 heavy (non-hydrogen) atoms. The first-order chi connectivity index (χ1) is 12.2. The maximum Gasteiger partial charge on any atom is 0.0992 e. The minimum atomic E-state index is 0.629. The Bertz CT molecular complexity index is 297. The van der Waals surface area contributed by atoms with Crippen LogP contribution in [0, 0.1) is 0 Å². The third-order valence-electron chi connectivity index (χ3n) is 7.03. The van der Waals surface area contributed by atoms with Crippen LogP contribution < -0.4 is 0 Å². The number of unbranched alkanes of at least 4 members (excludes halogenated alkanes) is 6. The van der Waals surface area contributed by atoms with Crippen LogP contribution in [0.5, 0.6) is 0 Å². The van der Waals surface area contributed by atoms with Crippen LogP contribution in [0.3, 0.4) is 0 Å². The minimum Gasteiger partial charge on any atom is -0.319 e. The highest BCUT2D eigenvalue weighted by Crippen LogP contribution is 2.43. The van der Waals surface area contributed by atoms with Crippen molar-refractivity contribution in [3.05, 3.63) is 0 Å². The largest absolute Gasteiger partial charge is 0.319 e. The van der Waals surface area contributed by atoms with Crippen molar-refractivity contribution in [3.8, 4) is 0 Å². The molecule has 1 rings (SSSR count). The van der Waals surface area contributed by atoms with Gasteiger partial charge >= 0.3 is 0 Å². The standard InChI is InChI=1S/C24H50N/c1-5-9-11-12-13-17-23-25(21-7-3,22-8-4)24(18-10-6-2)19-15-14-16-20-24/h5-23H2,1-4H3/q+1. The highest BCUT2D eigenvalue weighted by Gasteiger charge is 2.49. The van der Waals surface area contributed by atoms with Gasteiger partial charge < -0.3 is 4.48 Å². The summed E-state index contributed by atoms with van der Waals surface area (Å²) in [6.45, 7) is 13.9. The van der Waals surface area contributed by atoms with E-state index in [9.17, 15) is 0 Å². The lowest BCUT2D eigenvalue weighted by atomic mass is 9.74. The van der Waals surface area contributed by atoms with E-state index >= 15 is 0 Å². The molecule has 0 aromatic carbocycles. The van der Waals surface area contributed by atoms with E-state index in [2.05, 4.69) is 27.7 Å². The zero-order valence-corrected chi connectivity index (χ0v) is 18.4. The Morgan fingerprint density at radius 3 is 1.68 bits per heavy atom. The van der Waals surface area contributed by atoms with Gasteiger partial charge in [-0.2, -0.15) is 0 Å². The Morgan fingerprint density at radius 1 is 0.560 bits per heavy atom. The lowest BCUT2D eigenvalue weighted by Gasteiger charge is -2.56. The summed E-state index contributed by atoms with van der Waals surface area (Å²) in [7, 11) is 0. The fraction of sp³-hybridized carbons (Fsp3) is 1.00. The quantitative estimate of drug-likeness (QED) is 0.208. The highest BCUT2D eigenvalue weighted by molar-refractivity contribution is 4.86. The molecule has 0 saturated heterocycles. The topological polar surface area (TPSA) is 0 Å². The Balaban J connectivity index is 2.84. The Kier molecular flexibility index (Phi) is 12.1. The van der Waals surface area contributed by atoms with Gasteiger partial charge in [0.1, 0.15) is 0 Å². The molecular formula is C24H50N+. The van der Waals surface area contributed by atoms with Crippen LogP contribution in [0.15, 0.2) is 0 Å². The van der Waals surface area contributed by atoms with Gasteiger partial charge in [-0.05, 0) is 44.9 Å². The molecule has 0 bridgehead atoms. The van der Waals surface area contributed by atoms with Crippen molar-refractivity contribution in [2.24, 2.45) is 0 Å². The monoisotopic (exact) mass is 352 g/mol. The first-order valence-corrected chi connectivity index (χ1v) is 12.1. The van der Waals surface area contributed by atoms with Gasteiger partial charge in [0.05, 0.1) is 25.2 Å². The van der Waals surface area contributed by atoms with Crippen molar-refractivity contribution in [2.45, 2.75) is 136 Å². The van der Waals surface area contributed by atoms with Crippen LogP contribution in [0.25, 0.3) is 0 Å². The van der Waals surface area contributed by atoms with Crippen molar-refractivity contribution >= 4 is 0 Å². The molecule has 0 atom stereocenters. The Labute approximate surface area is 160 Å². The first kappa shape index (κ1) is 23.0. The molecule has 0 heterocycles. The molecule has 0 radical (unpaired) electrons. The molecule has 1 nitrogen and oxygen atoms in total. The summed E-state index contributed by atoms with van der Waals surface area (Å²) >= 11 is 0. The van der Waals surface area contributed by atoms with Crippen molar-refractivity contribution in [1.82, 2.24) is 0 Å². The average molecular weight is 353 g/mol. The van der Waals surface area contributed by atoms with Gasteiger partial charge in [-0.15, -0.1) is 0 Å². The summed E-state index contributed by atoms with van der Waals surface area (Å²) in [6.07, 6.45) is 23.2. The second kappa shape index (κ2) is 13.2. The highest BCUT2D eigenvalue weighted by atomic mass is 15.4. The van der Waals surface area contributed by atoms with Gasteiger partial charge in [-0.1, -0.05) is 66.2 Å². The summed E-state index contributed by atoms with van der Waals surface area (Å²) < 4.78 is 1.48. The zero-order valence-electron chi connectivity index (χ0n) is 18.4. The van der Waals surface area contributed by atoms with Crippen molar-refractivity contribution in [2.75, 3.05) is 19.6 Å². The summed E-state index contributed by atoms with van der Waals surface area (Å²) in [5.74, 6) is 0. The molecule has 150 valence electrons. The van der Waals surface area contributed by atoms with E-state index in [-0.39, 0.29) is 0 Å². The lowest BCUT2D eigenvalue weighted by Crippen LogP contribution is -2.66. The lowest BCUT2D eigenvalue weighted by molar-refractivity contribution is -0.979. The van der Waals surface area contributed by atoms with Gasteiger partial charge in [0.2, 0.25) is 0 Å². The van der Waals surface area contributed by atoms with E-state index in [1.54, 1.807) is 0 Å². The summed E-state index contributed by atoms with van der Waals surface area (Å²) in [4.78, 5) is 0. The molecule has 0 aromatic rings. The van der Waals surface area contributed by atoms with Crippen molar-refractivity contribution in [3.63, 3.8) is 0 Å². The van der Waals surface area contributed by atoms with Crippen LogP contribution in [0.2, 0.25) is 0 Å². The number of quaternary nitrogens is 1. The number of rotatable bonds is 15. The van der Waals surface area contributed by atoms with Gasteiger partial charge in [-0.25, -0.2) is 0 Å². The van der Waals surface area contributed by atoms with Crippen LogP contribution in [-0.4, -0.2) is 29.7 Å². The van der Waals surface area contributed by atoms with E-state index in [1.165, 1.54) is 127 Å². The van der Waals surface area contributed by atoms with Crippen LogP contribution in [-0.2, 0) is 0 Å². The van der Waals surface area contributed by atoms with Gasteiger partial charge in [0.25, 0.3) is 0 Å². The number of hydrogen-bond acceptors (Lipinski definition) is 0. The third kappa shape index (κ3) is 6.89. The van der Waals surface area contributed by atoms with Gasteiger partial charge in [0.15, 0.2) is 0 Å². The fourth-order valence-electron chi connectivity index (χ4n) is 5.78. The van der Waals surface area contributed by atoms with E-state index < -0.39 is 0 Å². The average Bonchev–Trinajstić information content (AvgIpc) is 2.64. The second-order valence-corrected chi connectivity index (χ2v) is 8.97. The van der Waals surface area contributed by atoms with Gasteiger partial charge in [0, 0.05) is 19.3 Å². The minimum absolute atomic E-state index is 0.629. The fourth-order valence-corrected chi connectivity index (χ4v) is 5.78. The van der Waals surface area contributed by atoms with Crippen molar-refractivity contribution in [1.29, 1.82) is 0 Å². The predicted molar refractivity (Wildman–Crippen MR) is 114 cm³/mol. The summed E-state index contributed by atoms with van der Waals surface area (Å²) in [5.41, 5.74) is 0.629. The SMILES string of the molecule is CCCCCCCC[N+](CCC)(CCC)C1(CCCC)CCCCC1. The first-order valence-electron chi connectivity index (χ1n) is 12.1. The normalized spacial score (nSPS) is 17.8. The molecule has 1 aliphatic carbocycles. The van der Waals surface area contributed by atoms with Crippen LogP contribution in [0.1, 0.15) is 130 Å². The van der Waals surface area contributed by atoms with Gasteiger partial charge in [-0.3, -0.25) is 0 Å². The maximum atomic E-state index is 2.43. The molecule has 1 fully saturated rings. The summed E-state index contributed by atoms with van der Waals surface area (Å²) in [6, 6.07) is 0. The number of nitrogens with zero attached hydrogens (tertiary/aromatic N) is 1. The van der Waals surface area contributed by atoms with E-state index in [0.29, 0.717) is 5.54 Å². The molecule has 0 aliphatic heterocycles. The Hall–Kier alpha value is -0.0400. The smallest absolute Gasteiger partial charge is 0.0992 e. The van der Waals surface area contributed by atoms with Crippen LogP contribution in [0.4, 0.5) is 0 Å². The molecule has 1 saturated carbocycles. The molecule has 1 heteroatoms. The summed E-state index contributed by atoms with van der Waals surface area (Å²) in [5, 5.41) is 0. The third-order valence-corrected chi connectivity index (χ3v) is 7.03. The number of hydrogen-bond donors (Lipinski definition) is 0. The molecular weight excluding hydrogens is 302 g/mol. The van der Waals surface area contributed by atoms with Crippen molar-refractivity contribution < 1.29 is 4.48 Å².